The normalized spacial score (nSPS) is 11.8. The highest BCUT2D eigenvalue weighted by molar-refractivity contribution is 14.1. The Morgan fingerprint density at radius 3 is 2.76 bits per heavy atom. The Bertz CT molecular complexity index is 434. The molecule has 0 aromatic carbocycles. The number of hydrogen-bond acceptors (Lipinski definition) is 4. The fourth-order valence-electron chi connectivity index (χ4n) is 0.997. The van der Waals surface area contributed by atoms with Crippen LogP contribution < -0.4 is 5.43 Å². The summed E-state index contributed by atoms with van der Waals surface area (Å²) in [6.45, 7) is 0. The Morgan fingerprint density at radius 2 is 2.24 bits per heavy atom. The first kappa shape index (κ1) is 13.9. The molecule has 1 rings (SSSR count). The van der Waals surface area contributed by atoms with E-state index in [-0.39, 0.29) is 5.82 Å². The average Bonchev–Trinajstić information content (AvgIpc) is 2.28. The molecule has 0 saturated heterocycles. The van der Waals surface area contributed by atoms with Crippen LogP contribution in [0, 0.1) is 0 Å². The van der Waals surface area contributed by atoms with Gasteiger partial charge in [0.25, 0.3) is 0 Å². The summed E-state index contributed by atoms with van der Waals surface area (Å²) in [5.41, 5.74) is 1.95. The fraction of sp³-hybridized carbons (Fsp3) is 0.222. The zero-order chi connectivity index (χ0) is 12.9. The van der Waals surface area contributed by atoms with Gasteiger partial charge >= 0.3 is 6.18 Å². The molecule has 0 aliphatic heterocycles. The van der Waals surface area contributed by atoms with Gasteiger partial charge in [-0.05, 0) is 6.07 Å². The lowest BCUT2D eigenvalue weighted by molar-refractivity contribution is -0.137. The lowest BCUT2D eigenvalue weighted by atomic mass is 10.2. The predicted octanol–water partition coefficient (Wildman–Crippen LogP) is 2.63. The first-order valence-electron chi connectivity index (χ1n) is 4.34. The van der Waals surface area contributed by atoms with Crippen molar-refractivity contribution >= 4 is 40.9 Å². The van der Waals surface area contributed by atoms with Crippen LogP contribution in [0.25, 0.3) is 0 Å². The second-order valence-corrected chi connectivity index (χ2v) is 3.65. The van der Waals surface area contributed by atoms with E-state index in [0.717, 1.165) is 12.3 Å². The number of anilines is 1. The van der Waals surface area contributed by atoms with Gasteiger partial charge in [-0.15, -0.1) is 0 Å². The minimum Gasteiger partial charge on any atom is -0.297 e. The second kappa shape index (κ2) is 5.94. The summed E-state index contributed by atoms with van der Waals surface area (Å²) in [4.78, 5) is 13.6. The van der Waals surface area contributed by atoms with Crippen LogP contribution in [0.1, 0.15) is 11.1 Å². The van der Waals surface area contributed by atoms with Crippen LogP contribution in [-0.4, -0.2) is 17.5 Å². The third kappa shape index (κ3) is 3.95. The molecular weight excluding hydrogens is 350 g/mol. The second-order valence-electron chi connectivity index (χ2n) is 2.89. The van der Waals surface area contributed by atoms with E-state index in [1.165, 1.54) is 0 Å². The highest BCUT2D eigenvalue weighted by Gasteiger charge is 2.31. The molecule has 1 heterocycles. The van der Waals surface area contributed by atoms with E-state index in [9.17, 15) is 18.0 Å². The minimum atomic E-state index is -4.42. The number of rotatable bonds is 4. The average molecular weight is 357 g/mol. The first-order valence-corrected chi connectivity index (χ1v) is 5.86. The van der Waals surface area contributed by atoms with Gasteiger partial charge in [-0.3, -0.25) is 10.2 Å². The monoisotopic (exact) mass is 357 g/mol. The molecule has 0 aliphatic rings. The quantitative estimate of drug-likeness (QED) is 0.296. The van der Waals surface area contributed by atoms with Crippen LogP contribution in [0.5, 0.6) is 0 Å². The summed E-state index contributed by atoms with van der Waals surface area (Å²) in [5, 5.41) is 3.47. The fourth-order valence-corrected chi connectivity index (χ4v) is 1.58. The largest absolute Gasteiger partial charge is 0.417 e. The number of aromatic nitrogens is 1. The molecule has 0 fully saturated rings. The summed E-state index contributed by atoms with van der Waals surface area (Å²) in [7, 11) is 0. The molecule has 1 N–H and O–H groups in total. The number of carbonyl (C=O) groups is 1. The molecule has 0 aliphatic carbocycles. The maximum atomic E-state index is 12.4. The topological polar surface area (TPSA) is 54.4 Å². The third-order valence-electron chi connectivity index (χ3n) is 1.74. The van der Waals surface area contributed by atoms with Crippen molar-refractivity contribution in [3.8, 4) is 0 Å². The van der Waals surface area contributed by atoms with Crippen molar-refractivity contribution in [2.24, 2.45) is 5.10 Å². The van der Waals surface area contributed by atoms with E-state index in [1.54, 1.807) is 0 Å². The van der Waals surface area contributed by atoms with Crippen LogP contribution >= 0.6 is 22.6 Å². The summed E-state index contributed by atoms with van der Waals surface area (Å²) >= 11 is 1.92. The van der Waals surface area contributed by atoms with Crippen LogP contribution in [0.4, 0.5) is 19.0 Å². The molecule has 0 radical (unpaired) electrons. The van der Waals surface area contributed by atoms with Crippen LogP contribution in [0.2, 0.25) is 0 Å². The number of pyridine rings is 1. The molecule has 1 aromatic heterocycles. The van der Waals surface area contributed by atoms with Gasteiger partial charge in [0.05, 0.1) is 11.8 Å². The number of halogens is 4. The van der Waals surface area contributed by atoms with Crippen molar-refractivity contribution in [3.05, 3.63) is 23.4 Å². The molecule has 17 heavy (non-hydrogen) atoms. The molecule has 0 amide bonds. The van der Waals surface area contributed by atoms with E-state index in [2.05, 4.69) is 15.5 Å². The summed E-state index contributed by atoms with van der Waals surface area (Å²) in [6, 6.07) is 0.998. The highest BCUT2D eigenvalue weighted by atomic mass is 127. The van der Waals surface area contributed by atoms with Gasteiger partial charge in [0.15, 0.2) is 6.29 Å². The number of carbonyl (C=O) groups excluding carboxylic acids is 1. The number of nitrogens with one attached hydrogen (secondary N) is 1. The van der Waals surface area contributed by atoms with Crippen LogP contribution in [0.15, 0.2) is 17.4 Å². The van der Waals surface area contributed by atoms with Crippen molar-refractivity contribution in [1.82, 2.24) is 4.98 Å². The highest BCUT2D eigenvalue weighted by Crippen LogP contribution is 2.31. The number of alkyl halides is 4. The Labute approximate surface area is 108 Å². The van der Waals surface area contributed by atoms with Gasteiger partial charge in [0.2, 0.25) is 0 Å². The molecule has 8 heteroatoms. The molecule has 0 spiro atoms. The zero-order valence-electron chi connectivity index (χ0n) is 8.33. The van der Waals surface area contributed by atoms with Crippen LogP contribution in [0.3, 0.4) is 0 Å². The van der Waals surface area contributed by atoms with Gasteiger partial charge in [0, 0.05) is 16.2 Å². The van der Waals surface area contributed by atoms with Gasteiger partial charge in [0.1, 0.15) is 5.82 Å². The van der Waals surface area contributed by atoms with E-state index >= 15 is 0 Å². The zero-order valence-corrected chi connectivity index (χ0v) is 10.5. The Balaban J connectivity index is 3.01. The van der Waals surface area contributed by atoms with E-state index in [0.29, 0.717) is 22.5 Å². The van der Waals surface area contributed by atoms with Crippen molar-refractivity contribution < 1.29 is 18.0 Å². The molecule has 0 bridgehead atoms. The number of aldehydes is 1. The van der Waals surface area contributed by atoms with E-state index in [1.807, 2.05) is 22.6 Å². The van der Waals surface area contributed by atoms with E-state index < -0.39 is 11.7 Å². The van der Waals surface area contributed by atoms with Gasteiger partial charge in [-0.25, -0.2) is 4.98 Å². The maximum Gasteiger partial charge on any atom is 0.417 e. The summed E-state index contributed by atoms with van der Waals surface area (Å²) in [5.74, 6) is 0.200. The van der Waals surface area contributed by atoms with Gasteiger partial charge in [-0.1, -0.05) is 22.6 Å². The standard InChI is InChI=1S/C9H7F3IN3O/c10-9(11,12)7-3-6(4-13)8(14-5-7)16-15-1-2-17/h1-3,5H,4H2,(H,14,16). The molecule has 4 nitrogen and oxygen atoms in total. The molecular formula is C9H7F3IN3O. The number of hydrazone groups is 1. The Kier molecular flexibility index (Phi) is 4.85. The smallest absolute Gasteiger partial charge is 0.297 e. The molecule has 0 unspecified atom stereocenters. The SMILES string of the molecule is O=CC=NNc1ncc(C(F)(F)F)cc1CI. The lowest BCUT2D eigenvalue weighted by Crippen LogP contribution is -2.08. The summed E-state index contributed by atoms with van der Waals surface area (Å²) < 4.78 is 37.6. The number of nitrogens with zero attached hydrogens (tertiary/aromatic N) is 2. The number of hydrogen-bond donors (Lipinski definition) is 1. The van der Waals surface area contributed by atoms with Gasteiger partial charge in [-0.2, -0.15) is 18.3 Å². The molecule has 0 atom stereocenters. The molecule has 1 aromatic rings. The third-order valence-corrected chi connectivity index (χ3v) is 2.57. The van der Waals surface area contributed by atoms with E-state index in [4.69, 9.17) is 0 Å². The van der Waals surface area contributed by atoms with Crippen molar-refractivity contribution in [1.29, 1.82) is 0 Å². The Hall–Kier alpha value is -1.19. The maximum absolute atomic E-state index is 12.4. The van der Waals surface area contributed by atoms with Gasteiger partial charge < -0.3 is 0 Å². The molecule has 92 valence electrons. The Morgan fingerprint density at radius 1 is 1.53 bits per heavy atom. The minimum absolute atomic E-state index is 0.200. The van der Waals surface area contributed by atoms with Crippen molar-refractivity contribution in [2.45, 2.75) is 10.6 Å². The molecule has 0 saturated carbocycles. The summed E-state index contributed by atoms with van der Waals surface area (Å²) in [6.07, 6.45) is -2.32. The van der Waals surface area contributed by atoms with Crippen LogP contribution in [-0.2, 0) is 15.4 Å². The predicted molar refractivity (Wildman–Crippen MR) is 65.1 cm³/mol. The van der Waals surface area contributed by atoms with Crippen molar-refractivity contribution in [3.63, 3.8) is 0 Å². The lowest BCUT2D eigenvalue weighted by Gasteiger charge is -2.10. The first-order chi connectivity index (χ1) is 7.99. The van der Waals surface area contributed by atoms with Crippen molar-refractivity contribution in [2.75, 3.05) is 5.43 Å².